The van der Waals surface area contributed by atoms with E-state index in [1.165, 1.54) is 0 Å². The highest BCUT2D eigenvalue weighted by atomic mass is 32.2. The topological polar surface area (TPSA) is 38.3 Å². The number of esters is 1. The van der Waals surface area contributed by atoms with Gasteiger partial charge < -0.3 is 4.74 Å². The standard InChI is InChI=1S/C11H21NO2S/c1-4-8(5-2)10-12-9(7-15-10)11(13)14-6-3/h8-10,12H,4-7H2,1-3H3/t9-,10+/m1/s1. The fraction of sp³-hybridized carbons (Fsp3) is 0.909. The zero-order valence-corrected chi connectivity index (χ0v) is 10.6. The van der Waals surface area contributed by atoms with Crippen molar-refractivity contribution in [2.24, 2.45) is 5.92 Å². The molecule has 1 N–H and O–H groups in total. The summed E-state index contributed by atoms with van der Waals surface area (Å²) in [6, 6.07) is -0.0967. The molecule has 1 aliphatic heterocycles. The minimum atomic E-state index is -0.0987. The van der Waals surface area contributed by atoms with Crippen LogP contribution >= 0.6 is 11.8 Å². The molecule has 0 aromatic rings. The number of nitrogens with one attached hydrogen (secondary N) is 1. The molecule has 1 fully saturated rings. The van der Waals surface area contributed by atoms with Gasteiger partial charge in [0.1, 0.15) is 6.04 Å². The van der Waals surface area contributed by atoms with Gasteiger partial charge in [0.05, 0.1) is 12.0 Å². The predicted octanol–water partition coefficient (Wildman–Crippen LogP) is 2.02. The molecule has 1 aliphatic rings. The molecule has 1 heterocycles. The Labute approximate surface area is 96.3 Å². The van der Waals surface area contributed by atoms with Crippen LogP contribution in [0.1, 0.15) is 33.6 Å². The highest BCUT2D eigenvalue weighted by Gasteiger charge is 2.33. The highest BCUT2D eigenvalue weighted by Crippen LogP contribution is 2.29. The van der Waals surface area contributed by atoms with Crippen LogP contribution in [0.4, 0.5) is 0 Å². The third-order valence-electron chi connectivity index (χ3n) is 2.86. The van der Waals surface area contributed by atoms with Crippen molar-refractivity contribution in [3.63, 3.8) is 0 Å². The quantitative estimate of drug-likeness (QED) is 0.735. The number of hydrogen-bond donors (Lipinski definition) is 1. The van der Waals surface area contributed by atoms with Crippen molar-refractivity contribution in [3.8, 4) is 0 Å². The Morgan fingerprint density at radius 3 is 2.67 bits per heavy atom. The number of ether oxygens (including phenoxy) is 1. The first-order valence-corrected chi connectivity index (χ1v) is 6.82. The first-order valence-electron chi connectivity index (χ1n) is 5.77. The lowest BCUT2D eigenvalue weighted by molar-refractivity contribution is -0.144. The second-order valence-corrected chi connectivity index (χ2v) is 4.98. The first kappa shape index (κ1) is 12.8. The van der Waals surface area contributed by atoms with E-state index in [-0.39, 0.29) is 12.0 Å². The maximum Gasteiger partial charge on any atom is 0.324 e. The van der Waals surface area contributed by atoms with Gasteiger partial charge >= 0.3 is 5.97 Å². The first-order chi connectivity index (χ1) is 7.22. The molecule has 0 spiro atoms. The van der Waals surface area contributed by atoms with Crippen molar-refractivity contribution in [1.82, 2.24) is 5.32 Å². The van der Waals surface area contributed by atoms with E-state index in [2.05, 4.69) is 19.2 Å². The lowest BCUT2D eigenvalue weighted by atomic mass is 10.0. The number of carbonyl (C=O) groups excluding carboxylic acids is 1. The summed E-state index contributed by atoms with van der Waals surface area (Å²) in [6.07, 6.45) is 2.33. The lowest BCUT2D eigenvalue weighted by Gasteiger charge is -2.20. The predicted molar refractivity (Wildman–Crippen MR) is 63.9 cm³/mol. The molecule has 0 radical (unpaired) electrons. The van der Waals surface area contributed by atoms with Crippen molar-refractivity contribution in [3.05, 3.63) is 0 Å². The van der Waals surface area contributed by atoms with Gasteiger partial charge in [0.2, 0.25) is 0 Å². The zero-order valence-electron chi connectivity index (χ0n) is 9.79. The number of carbonyl (C=O) groups is 1. The lowest BCUT2D eigenvalue weighted by Crippen LogP contribution is -2.40. The van der Waals surface area contributed by atoms with Gasteiger partial charge in [-0.05, 0) is 12.8 Å². The van der Waals surface area contributed by atoms with Crippen LogP contribution in [0.5, 0.6) is 0 Å². The Bertz CT molecular complexity index is 207. The zero-order chi connectivity index (χ0) is 11.3. The van der Waals surface area contributed by atoms with Crippen LogP contribution in [0.25, 0.3) is 0 Å². The smallest absolute Gasteiger partial charge is 0.324 e. The van der Waals surface area contributed by atoms with E-state index in [9.17, 15) is 4.79 Å². The summed E-state index contributed by atoms with van der Waals surface area (Å²) in [5, 5.41) is 3.79. The molecule has 4 heteroatoms. The van der Waals surface area contributed by atoms with Gasteiger partial charge in [-0.25, -0.2) is 0 Å². The van der Waals surface area contributed by atoms with Crippen LogP contribution in [0.15, 0.2) is 0 Å². The summed E-state index contributed by atoms with van der Waals surface area (Å²) in [5.74, 6) is 1.41. The second kappa shape index (κ2) is 6.38. The molecule has 0 bridgehead atoms. The van der Waals surface area contributed by atoms with Crippen molar-refractivity contribution in [2.45, 2.75) is 45.0 Å². The molecule has 1 rings (SSSR count). The molecule has 0 aromatic carbocycles. The van der Waals surface area contributed by atoms with Crippen LogP contribution < -0.4 is 5.32 Å². The molecule has 0 amide bonds. The molecular weight excluding hydrogens is 210 g/mol. The number of rotatable bonds is 5. The average molecular weight is 231 g/mol. The highest BCUT2D eigenvalue weighted by molar-refractivity contribution is 8.00. The molecule has 0 aromatic heterocycles. The third kappa shape index (κ3) is 3.38. The molecule has 2 atom stereocenters. The van der Waals surface area contributed by atoms with Crippen LogP contribution in [0, 0.1) is 5.92 Å². The fourth-order valence-corrected chi connectivity index (χ4v) is 3.41. The summed E-state index contributed by atoms with van der Waals surface area (Å²) in [7, 11) is 0. The van der Waals surface area contributed by atoms with E-state index in [0.717, 1.165) is 18.6 Å². The number of thioether (sulfide) groups is 1. The largest absolute Gasteiger partial charge is 0.465 e. The van der Waals surface area contributed by atoms with Crippen molar-refractivity contribution in [2.75, 3.05) is 12.4 Å². The van der Waals surface area contributed by atoms with Gasteiger partial charge in [-0.2, -0.15) is 0 Å². The SMILES string of the molecule is CCOC(=O)[C@H]1CS[C@@H](C(CC)CC)N1. The minimum Gasteiger partial charge on any atom is -0.465 e. The summed E-state index contributed by atoms with van der Waals surface area (Å²) in [6.45, 7) is 6.72. The van der Waals surface area contributed by atoms with E-state index in [1.807, 2.05) is 18.7 Å². The van der Waals surface area contributed by atoms with E-state index >= 15 is 0 Å². The van der Waals surface area contributed by atoms with Crippen LogP contribution in [0.3, 0.4) is 0 Å². The normalized spacial score (nSPS) is 25.9. The molecule has 0 unspecified atom stereocenters. The molecule has 1 saturated heterocycles. The summed E-state index contributed by atoms with van der Waals surface area (Å²) in [5.41, 5.74) is 0. The van der Waals surface area contributed by atoms with E-state index in [4.69, 9.17) is 4.74 Å². The van der Waals surface area contributed by atoms with Gasteiger partial charge in [0.15, 0.2) is 0 Å². The fourth-order valence-electron chi connectivity index (χ4n) is 1.86. The maximum absolute atomic E-state index is 11.5. The molecule has 15 heavy (non-hydrogen) atoms. The molecule has 0 saturated carbocycles. The van der Waals surface area contributed by atoms with Gasteiger partial charge in [0.25, 0.3) is 0 Å². The summed E-state index contributed by atoms with van der Waals surface area (Å²) >= 11 is 1.85. The Hall–Kier alpha value is -0.220. The molecular formula is C11H21NO2S. The summed E-state index contributed by atoms with van der Waals surface area (Å²) in [4.78, 5) is 11.5. The Balaban J connectivity index is 2.41. The summed E-state index contributed by atoms with van der Waals surface area (Å²) < 4.78 is 5.01. The van der Waals surface area contributed by atoms with Gasteiger partial charge in [-0.3, -0.25) is 10.1 Å². The Morgan fingerprint density at radius 2 is 2.13 bits per heavy atom. The van der Waals surface area contributed by atoms with E-state index in [1.54, 1.807) is 0 Å². The van der Waals surface area contributed by atoms with Crippen molar-refractivity contribution in [1.29, 1.82) is 0 Å². The Kier molecular flexibility index (Phi) is 5.47. The van der Waals surface area contributed by atoms with E-state index in [0.29, 0.717) is 17.9 Å². The molecule has 3 nitrogen and oxygen atoms in total. The Morgan fingerprint density at radius 1 is 1.47 bits per heavy atom. The molecule has 0 aliphatic carbocycles. The molecule has 88 valence electrons. The average Bonchev–Trinajstić information content (AvgIpc) is 2.69. The van der Waals surface area contributed by atoms with Crippen LogP contribution in [-0.4, -0.2) is 29.7 Å². The van der Waals surface area contributed by atoms with Crippen molar-refractivity contribution < 1.29 is 9.53 Å². The monoisotopic (exact) mass is 231 g/mol. The van der Waals surface area contributed by atoms with Crippen molar-refractivity contribution >= 4 is 17.7 Å². The van der Waals surface area contributed by atoms with Gasteiger partial charge in [-0.1, -0.05) is 26.7 Å². The van der Waals surface area contributed by atoms with Gasteiger partial charge in [0, 0.05) is 5.75 Å². The van der Waals surface area contributed by atoms with Crippen LogP contribution in [0.2, 0.25) is 0 Å². The maximum atomic E-state index is 11.5. The van der Waals surface area contributed by atoms with Crippen LogP contribution in [-0.2, 0) is 9.53 Å². The van der Waals surface area contributed by atoms with E-state index < -0.39 is 0 Å². The number of hydrogen-bond acceptors (Lipinski definition) is 4. The second-order valence-electron chi connectivity index (χ2n) is 3.80. The minimum absolute atomic E-state index is 0.0967. The van der Waals surface area contributed by atoms with Gasteiger partial charge in [-0.15, -0.1) is 11.8 Å². The third-order valence-corrected chi connectivity index (χ3v) is 4.26.